The summed E-state index contributed by atoms with van der Waals surface area (Å²) in [6.45, 7) is 4.66. The minimum absolute atomic E-state index is 0.0346. The number of aryl methyl sites for hydroxylation is 1. The molecule has 1 aliphatic rings. The van der Waals surface area contributed by atoms with Crippen molar-refractivity contribution in [3.63, 3.8) is 0 Å². The summed E-state index contributed by atoms with van der Waals surface area (Å²) in [6, 6.07) is 14.7. The van der Waals surface area contributed by atoms with Crippen molar-refractivity contribution in [3.8, 4) is 0 Å². The van der Waals surface area contributed by atoms with Gasteiger partial charge in [-0.15, -0.1) is 10.2 Å². The van der Waals surface area contributed by atoms with Crippen molar-refractivity contribution < 1.29 is 14.4 Å². The van der Waals surface area contributed by atoms with E-state index in [2.05, 4.69) is 27.8 Å². The topological polar surface area (TPSA) is 104 Å². The molecule has 3 amide bonds. The van der Waals surface area contributed by atoms with E-state index in [9.17, 15) is 14.4 Å². The van der Waals surface area contributed by atoms with Crippen LogP contribution in [0.1, 0.15) is 66.4 Å². The van der Waals surface area contributed by atoms with Crippen molar-refractivity contribution >= 4 is 45.6 Å². The van der Waals surface area contributed by atoms with Crippen LogP contribution < -0.4 is 15.5 Å². The summed E-state index contributed by atoms with van der Waals surface area (Å²) in [6.07, 6.45) is 3.50. The van der Waals surface area contributed by atoms with Crippen molar-refractivity contribution in [2.24, 2.45) is 0 Å². The van der Waals surface area contributed by atoms with E-state index >= 15 is 0 Å². The lowest BCUT2D eigenvalue weighted by Crippen LogP contribution is -2.25. The van der Waals surface area contributed by atoms with Crippen LogP contribution in [0.3, 0.4) is 0 Å². The van der Waals surface area contributed by atoms with Gasteiger partial charge in [0.05, 0.1) is 0 Å². The van der Waals surface area contributed by atoms with Crippen molar-refractivity contribution in [2.45, 2.75) is 51.9 Å². The maximum Gasteiger partial charge on any atom is 0.257 e. The number of nitrogens with zero attached hydrogens (tertiary/aromatic N) is 3. The highest BCUT2D eigenvalue weighted by atomic mass is 32.1. The van der Waals surface area contributed by atoms with Crippen molar-refractivity contribution in [3.05, 3.63) is 64.7 Å². The molecule has 1 unspecified atom stereocenters. The van der Waals surface area contributed by atoms with Gasteiger partial charge >= 0.3 is 0 Å². The van der Waals surface area contributed by atoms with Crippen LogP contribution in [0.15, 0.2) is 48.5 Å². The largest absolute Gasteiger partial charge is 0.326 e. The molecule has 2 aromatic carbocycles. The summed E-state index contributed by atoms with van der Waals surface area (Å²) >= 11 is 1.29. The molecular weight excluding hydrogens is 462 g/mol. The lowest BCUT2D eigenvalue weighted by Gasteiger charge is -2.19. The van der Waals surface area contributed by atoms with Crippen LogP contribution in [0.5, 0.6) is 0 Å². The van der Waals surface area contributed by atoms with Crippen LogP contribution in [-0.2, 0) is 16.0 Å². The second kappa shape index (κ2) is 11.2. The maximum absolute atomic E-state index is 12.7. The Morgan fingerprint density at radius 3 is 2.57 bits per heavy atom. The summed E-state index contributed by atoms with van der Waals surface area (Å²) in [4.78, 5) is 39.1. The zero-order valence-corrected chi connectivity index (χ0v) is 20.7. The number of nitrogens with one attached hydrogen (secondary N) is 2. The van der Waals surface area contributed by atoms with Crippen molar-refractivity contribution in [1.82, 2.24) is 10.2 Å². The standard InChI is InChI=1S/C26H29N5O3S/c1-3-5-10-22(32)27-20-13-11-18(12-14-20)24(34)28-26-30-29-25(35-26)19-15-23(33)31(16-19)21-9-7-6-8-17(21)4-2/h6-9,11-14,19H,3-5,10,15-16H2,1-2H3,(H,27,32)(H,28,30,34). The Morgan fingerprint density at radius 1 is 1.06 bits per heavy atom. The van der Waals surface area contributed by atoms with Gasteiger partial charge in [0, 0.05) is 42.2 Å². The molecule has 182 valence electrons. The average molecular weight is 492 g/mol. The molecule has 2 heterocycles. The smallest absolute Gasteiger partial charge is 0.257 e. The molecule has 1 aliphatic heterocycles. The van der Waals surface area contributed by atoms with Gasteiger partial charge in [0.25, 0.3) is 5.91 Å². The van der Waals surface area contributed by atoms with Crippen LogP contribution in [0.4, 0.5) is 16.5 Å². The fourth-order valence-corrected chi connectivity index (χ4v) is 4.89. The predicted molar refractivity (Wildman–Crippen MR) is 138 cm³/mol. The number of carbonyl (C=O) groups excluding carboxylic acids is 3. The second-order valence-corrected chi connectivity index (χ2v) is 9.53. The SMILES string of the molecule is CCCCC(=O)Nc1ccc(C(=O)Nc2nnc(C3CC(=O)N(c4ccccc4CC)C3)s2)cc1. The number of unbranched alkanes of at least 4 members (excludes halogenated alkanes) is 1. The van der Waals surface area contributed by atoms with Gasteiger partial charge in [-0.25, -0.2) is 0 Å². The third kappa shape index (κ3) is 5.92. The van der Waals surface area contributed by atoms with E-state index in [4.69, 9.17) is 0 Å². The third-order valence-corrected chi connectivity index (χ3v) is 6.99. The molecule has 35 heavy (non-hydrogen) atoms. The Kier molecular flexibility index (Phi) is 7.87. The molecule has 3 aromatic rings. The first-order valence-electron chi connectivity index (χ1n) is 11.9. The fourth-order valence-electron chi connectivity index (χ4n) is 4.06. The Balaban J connectivity index is 1.36. The van der Waals surface area contributed by atoms with Gasteiger partial charge in [0.2, 0.25) is 16.9 Å². The Labute approximate surface area is 208 Å². The molecule has 0 radical (unpaired) electrons. The number of para-hydroxylation sites is 1. The molecule has 0 bridgehead atoms. The Bertz CT molecular complexity index is 1210. The first-order chi connectivity index (χ1) is 17.0. The van der Waals surface area contributed by atoms with Gasteiger partial charge in [-0.2, -0.15) is 0 Å². The summed E-state index contributed by atoms with van der Waals surface area (Å²) in [5, 5.41) is 15.1. The zero-order valence-electron chi connectivity index (χ0n) is 19.9. The molecular formula is C26H29N5O3S. The minimum atomic E-state index is -0.308. The molecule has 8 nitrogen and oxygen atoms in total. The highest BCUT2D eigenvalue weighted by Crippen LogP contribution is 2.35. The lowest BCUT2D eigenvalue weighted by atomic mass is 10.1. The monoisotopic (exact) mass is 491 g/mol. The number of benzene rings is 2. The second-order valence-electron chi connectivity index (χ2n) is 8.52. The van der Waals surface area contributed by atoms with E-state index in [0.29, 0.717) is 35.8 Å². The fraction of sp³-hybridized carbons (Fsp3) is 0.346. The number of hydrogen-bond acceptors (Lipinski definition) is 6. The summed E-state index contributed by atoms with van der Waals surface area (Å²) < 4.78 is 0. The minimum Gasteiger partial charge on any atom is -0.326 e. The third-order valence-electron chi connectivity index (χ3n) is 5.99. The zero-order chi connectivity index (χ0) is 24.8. The predicted octanol–water partition coefficient (Wildman–Crippen LogP) is 5.00. The molecule has 0 saturated carbocycles. The van der Waals surface area contributed by atoms with Gasteiger partial charge in [-0.3, -0.25) is 19.7 Å². The molecule has 1 aromatic heterocycles. The number of aromatic nitrogens is 2. The first-order valence-corrected chi connectivity index (χ1v) is 12.7. The summed E-state index contributed by atoms with van der Waals surface area (Å²) in [5.74, 6) is -0.338. The highest BCUT2D eigenvalue weighted by molar-refractivity contribution is 7.15. The Morgan fingerprint density at radius 2 is 1.83 bits per heavy atom. The molecule has 1 saturated heterocycles. The van der Waals surface area contributed by atoms with Crippen LogP contribution in [-0.4, -0.2) is 34.5 Å². The maximum atomic E-state index is 12.7. The van der Waals surface area contributed by atoms with Gasteiger partial charge in [-0.05, 0) is 48.7 Å². The van der Waals surface area contributed by atoms with Gasteiger partial charge in [0.1, 0.15) is 5.01 Å². The van der Waals surface area contributed by atoms with Crippen LogP contribution in [0, 0.1) is 0 Å². The number of hydrogen-bond donors (Lipinski definition) is 2. The van der Waals surface area contributed by atoms with Gasteiger partial charge < -0.3 is 10.2 Å². The highest BCUT2D eigenvalue weighted by Gasteiger charge is 2.34. The van der Waals surface area contributed by atoms with E-state index in [1.54, 1.807) is 24.3 Å². The van der Waals surface area contributed by atoms with E-state index < -0.39 is 0 Å². The molecule has 0 spiro atoms. The van der Waals surface area contributed by atoms with Crippen molar-refractivity contribution in [1.29, 1.82) is 0 Å². The number of carbonyl (C=O) groups is 3. The Hall–Kier alpha value is -3.59. The molecule has 0 aliphatic carbocycles. The van der Waals surface area contributed by atoms with Crippen LogP contribution in [0.2, 0.25) is 0 Å². The van der Waals surface area contributed by atoms with E-state index in [-0.39, 0.29) is 23.6 Å². The summed E-state index contributed by atoms with van der Waals surface area (Å²) in [7, 11) is 0. The average Bonchev–Trinajstić information content (AvgIpc) is 3.49. The number of anilines is 3. The number of rotatable bonds is 9. The van der Waals surface area contributed by atoms with E-state index in [1.165, 1.54) is 11.3 Å². The van der Waals surface area contributed by atoms with Gasteiger partial charge in [0.15, 0.2) is 0 Å². The molecule has 9 heteroatoms. The number of amides is 3. The lowest BCUT2D eigenvalue weighted by molar-refractivity contribution is -0.117. The molecule has 1 atom stereocenters. The van der Waals surface area contributed by atoms with Crippen molar-refractivity contribution in [2.75, 3.05) is 22.1 Å². The normalized spacial score (nSPS) is 15.3. The summed E-state index contributed by atoms with van der Waals surface area (Å²) in [5.41, 5.74) is 3.19. The van der Waals surface area contributed by atoms with Crippen LogP contribution in [0.25, 0.3) is 0 Å². The molecule has 4 rings (SSSR count). The van der Waals surface area contributed by atoms with E-state index in [0.717, 1.165) is 35.5 Å². The van der Waals surface area contributed by atoms with E-state index in [1.807, 2.05) is 36.1 Å². The molecule has 1 fully saturated rings. The first kappa shape index (κ1) is 24.5. The molecule has 2 N–H and O–H groups in total. The van der Waals surface area contributed by atoms with Gasteiger partial charge in [-0.1, -0.05) is 49.8 Å². The quantitative estimate of drug-likeness (QED) is 0.438. The van der Waals surface area contributed by atoms with Crippen LogP contribution >= 0.6 is 11.3 Å².